The maximum Gasteiger partial charge on any atom is 0.256 e. The molecule has 0 amide bonds. The number of hydrogen-bond acceptors (Lipinski definition) is 4. The van der Waals surface area contributed by atoms with E-state index in [2.05, 4.69) is 20.3 Å². The predicted octanol–water partition coefficient (Wildman–Crippen LogP) is 0.868. The van der Waals surface area contributed by atoms with E-state index in [-0.39, 0.29) is 17.4 Å². The molecule has 0 aliphatic carbocycles. The van der Waals surface area contributed by atoms with Gasteiger partial charge in [0.1, 0.15) is 17.2 Å². The highest BCUT2D eigenvalue weighted by molar-refractivity contribution is 5.56. The van der Waals surface area contributed by atoms with Crippen LogP contribution in [0.15, 0.2) is 35.5 Å². The fraction of sp³-hybridized carbons (Fsp3) is 0.154. The first-order chi connectivity index (χ1) is 9.72. The van der Waals surface area contributed by atoms with E-state index >= 15 is 0 Å². The van der Waals surface area contributed by atoms with Crippen molar-refractivity contribution in [1.82, 2.24) is 24.7 Å². The van der Waals surface area contributed by atoms with Crippen LogP contribution in [0.25, 0.3) is 17.2 Å². The Bertz CT molecular complexity index is 865. The number of nitrogens with zero attached hydrogens (tertiary/aromatic N) is 3. The second kappa shape index (κ2) is 3.97. The van der Waals surface area contributed by atoms with Gasteiger partial charge in [-0.2, -0.15) is 0 Å². The zero-order valence-corrected chi connectivity index (χ0v) is 10.3. The largest absolute Gasteiger partial charge is 0.307 e. The molecule has 20 heavy (non-hydrogen) atoms. The van der Waals surface area contributed by atoms with Crippen molar-refractivity contribution < 1.29 is 4.39 Å². The molecular weight excluding hydrogens is 261 g/mol. The summed E-state index contributed by atoms with van der Waals surface area (Å²) in [5.41, 5.74) is 1.58. The van der Waals surface area contributed by atoms with Crippen LogP contribution in [-0.2, 0) is 0 Å². The summed E-state index contributed by atoms with van der Waals surface area (Å²) in [6.07, 6.45) is 4.42. The number of aromatic amines is 1. The first-order valence-corrected chi connectivity index (χ1v) is 6.18. The van der Waals surface area contributed by atoms with E-state index < -0.39 is 0 Å². The second-order valence-corrected chi connectivity index (χ2v) is 4.70. The van der Waals surface area contributed by atoms with Crippen LogP contribution in [0.3, 0.4) is 0 Å². The van der Waals surface area contributed by atoms with E-state index in [0.717, 1.165) is 6.54 Å². The molecule has 2 N–H and O–H groups in total. The van der Waals surface area contributed by atoms with E-state index in [1.165, 1.54) is 12.3 Å². The summed E-state index contributed by atoms with van der Waals surface area (Å²) in [6, 6.07) is 3.00. The average molecular weight is 271 g/mol. The van der Waals surface area contributed by atoms with E-state index in [1.54, 1.807) is 22.9 Å². The van der Waals surface area contributed by atoms with Crippen molar-refractivity contribution in [2.75, 3.05) is 6.54 Å². The molecule has 1 aliphatic heterocycles. The van der Waals surface area contributed by atoms with Crippen molar-refractivity contribution in [2.24, 2.45) is 0 Å². The third-order valence-corrected chi connectivity index (χ3v) is 3.32. The van der Waals surface area contributed by atoms with Crippen molar-refractivity contribution >= 4 is 5.65 Å². The van der Waals surface area contributed by atoms with Gasteiger partial charge in [-0.25, -0.2) is 14.4 Å². The molecule has 1 atom stereocenters. The van der Waals surface area contributed by atoms with Crippen molar-refractivity contribution in [3.63, 3.8) is 0 Å². The molecule has 0 spiro atoms. The number of aromatic nitrogens is 4. The highest BCUT2D eigenvalue weighted by atomic mass is 19.1. The van der Waals surface area contributed by atoms with E-state index in [9.17, 15) is 9.18 Å². The third kappa shape index (κ3) is 1.71. The number of hydrogen-bond donors (Lipinski definition) is 2. The maximum atomic E-state index is 13.3. The van der Waals surface area contributed by atoms with Gasteiger partial charge in [0.25, 0.3) is 5.56 Å². The molecule has 1 unspecified atom stereocenters. The standard InChI is InChI=1S/C13H10FN5O/c14-7-1-2-11-16-5-10(19(11)6-7)12-17-3-8(9-4-15-9)13(20)18-12/h1-3,5-6,9,15H,4H2,(H,17,18,20). The normalized spacial score (nSPS) is 17.6. The van der Waals surface area contributed by atoms with Crippen LogP contribution in [0.4, 0.5) is 4.39 Å². The summed E-state index contributed by atoms with van der Waals surface area (Å²) in [7, 11) is 0. The first-order valence-electron chi connectivity index (χ1n) is 6.18. The van der Waals surface area contributed by atoms with E-state index in [4.69, 9.17) is 0 Å². The van der Waals surface area contributed by atoms with Gasteiger partial charge in [0.2, 0.25) is 0 Å². The zero-order chi connectivity index (χ0) is 13.7. The van der Waals surface area contributed by atoms with Gasteiger partial charge in [-0.3, -0.25) is 9.20 Å². The number of nitrogens with one attached hydrogen (secondary N) is 2. The number of H-pyrrole nitrogens is 1. The van der Waals surface area contributed by atoms with Gasteiger partial charge in [-0.15, -0.1) is 0 Å². The Labute approximate surface area is 112 Å². The van der Waals surface area contributed by atoms with Gasteiger partial charge in [-0.1, -0.05) is 0 Å². The van der Waals surface area contributed by atoms with Crippen molar-refractivity contribution in [3.8, 4) is 11.5 Å². The fourth-order valence-electron chi connectivity index (χ4n) is 2.19. The van der Waals surface area contributed by atoms with E-state index in [1.807, 2.05) is 0 Å². The van der Waals surface area contributed by atoms with Crippen LogP contribution >= 0.6 is 0 Å². The van der Waals surface area contributed by atoms with Crippen LogP contribution < -0.4 is 10.9 Å². The summed E-state index contributed by atoms with van der Waals surface area (Å²) >= 11 is 0. The Kier molecular flexibility index (Phi) is 2.25. The predicted molar refractivity (Wildman–Crippen MR) is 69.7 cm³/mol. The quantitative estimate of drug-likeness (QED) is 0.677. The average Bonchev–Trinajstić information content (AvgIpc) is 3.18. The maximum absolute atomic E-state index is 13.3. The monoisotopic (exact) mass is 271 g/mol. The summed E-state index contributed by atoms with van der Waals surface area (Å²) in [4.78, 5) is 23.1. The van der Waals surface area contributed by atoms with E-state index in [0.29, 0.717) is 22.7 Å². The highest BCUT2D eigenvalue weighted by Crippen LogP contribution is 2.20. The zero-order valence-electron chi connectivity index (χ0n) is 10.3. The highest BCUT2D eigenvalue weighted by Gasteiger charge is 2.25. The lowest BCUT2D eigenvalue weighted by Crippen LogP contribution is -2.15. The Morgan fingerprint density at radius 1 is 1.30 bits per heavy atom. The van der Waals surface area contributed by atoms with Crippen molar-refractivity contribution in [2.45, 2.75) is 6.04 Å². The lowest BCUT2D eigenvalue weighted by atomic mass is 10.2. The van der Waals surface area contributed by atoms with Gasteiger partial charge in [0.05, 0.1) is 17.8 Å². The topological polar surface area (TPSA) is 85.0 Å². The molecule has 3 aromatic heterocycles. The molecule has 0 aromatic carbocycles. The van der Waals surface area contributed by atoms with Crippen LogP contribution in [-0.4, -0.2) is 25.9 Å². The molecule has 1 fully saturated rings. The number of fused-ring (bicyclic) bond motifs is 1. The van der Waals surface area contributed by atoms with Gasteiger partial charge < -0.3 is 10.3 Å². The minimum Gasteiger partial charge on any atom is -0.307 e. The SMILES string of the molecule is O=c1[nH]c(-c2cnc3ccc(F)cn23)ncc1C1CN1. The molecule has 0 radical (unpaired) electrons. The van der Waals surface area contributed by atoms with Gasteiger partial charge in [0, 0.05) is 18.9 Å². The van der Waals surface area contributed by atoms with Crippen LogP contribution in [0.1, 0.15) is 11.6 Å². The van der Waals surface area contributed by atoms with Gasteiger partial charge in [0.15, 0.2) is 5.82 Å². The second-order valence-electron chi connectivity index (χ2n) is 4.70. The van der Waals surface area contributed by atoms with Crippen molar-refractivity contribution in [1.29, 1.82) is 0 Å². The molecule has 100 valence electrons. The molecule has 0 saturated carbocycles. The third-order valence-electron chi connectivity index (χ3n) is 3.32. The summed E-state index contributed by atoms with van der Waals surface area (Å²) in [6.45, 7) is 0.797. The van der Waals surface area contributed by atoms with Crippen molar-refractivity contribution in [3.05, 3.63) is 52.5 Å². The van der Waals surface area contributed by atoms with Gasteiger partial charge >= 0.3 is 0 Å². The Balaban J connectivity index is 1.88. The molecule has 6 nitrogen and oxygen atoms in total. The lowest BCUT2D eigenvalue weighted by Gasteiger charge is -2.02. The summed E-state index contributed by atoms with van der Waals surface area (Å²) < 4.78 is 14.9. The number of rotatable bonds is 2. The van der Waals surface area contributed by atoms with Crippen LogP contribution in [0.5, 0.6) is 0 Å². The fourth-order valence-corrected chi connectivity index (χ4v) is 2.19. The molecule has 1 saturated heterocycles. The number of halogens is 1. The van der Waals surface area contributed by atoms with Crippen LogP contribution in [0, 0.1) is 5.82 Å². The Hall–Kier alpha value is -2.54. The van der Waals surface area contributed by atoms with Gasteiger partial charge in [-0.05, 0) is 12.1 Å². The molecular formula is C13H10FN5O. The minimum atomic E-state index is -0.377. The Morgan fingerprint density at radius 3 is 2.90 bits per heavy atom. The summed E-state index contributed by atoms with van der Waals surface area (Å²) in [5, 5.41) is 3.06. The molecule has 4 heterocycles. The smallest absolute Gasteiger partial charge is 0.256 e. The Morgan fingerprint density at radius 2 is 2.15 bits per heavy atom. The van der Waals surface area contributed by atoms with Crippen LogP contribution in [0.2, 0.25) is 0 Å². The summed E-state index contributed by atoms with van der Waals surface area (Å²) in [5.74, 6) is -0.00426. The molecule has 7 heteroatoms. The molecule has 0 bridgehead atoms. The number of pyridine rings is 1. The molecule has 4 rings (SSSR count). The minimum absolute atomic E-state index is 0.0972. The lowest BCUT2D eigenvalue weighted by molar-refractivity contribution is 0.619. The first kappa shape index (κ1) is 11.3. The molecule has 3 aromatic rings. The number of imidazole rings is 1. The molecule has 1 aliphatic rings.